The molecule has 4 heteroatoms. The van der Waals surface area contributed by atoms with E-state index in [1.165, 1.54) is 12.1 Å². The molecule has 0 heterocycles. The van der Waals surface area contributed by atoms with Crippen molar-refractivity contribution in [1.82, 2.24) is 0 Å². The summed E-state index contributed by atoms with van der Waals surface area (Å²) in [5.74, 6) is 0.157. The van der Waals surface area contributed by atoms with Gasteiger partial charge in [-0.3, -0.25) is 0 Å². The summed E-state index contributed by atoms with van der Waals surface area (Å²) in [7, 11) is 0. The molecular weight excluding hydrogens is 197 g/mol. The zero-order valence-corrected chi connectivity index (χ0v) is 8.53. The maximum Gasteiger partial charge on any atom is 0.126 e. The van der Waals surface area contributed by atoms with Crippen molar-refractivity contribution in [3.8, 4) is 5.75 Å². The summed E-state index contributed by atoms with van der Waals surface area (Å²) in [6.45, 7) is 0.825. The molecule has 0 spiro atoms. The number of rotatable bonds is 6. The highest BCUT2D eigenvalue weighted by molar-refractivity contribution is 5.22. The number of ether oxygens (including phenoxy) is 1. The van der Waals surface area contributed by atoms with Crippen molar-refractivity contribution in [2.45, 2.75) is 18.9 Å². The van der Waals surface area contributed by atoms with E-state index < -0.39 is 6.10 Å². The topological polar surface area (TPSA) is 55.5 Å². The highest BCUT2D eigenvalue weighted by Gasteiger charge is 2.03. The van der Waals surface area contributed by atoms with E-state index in [2.05, 4.69) is 0 Å². The van der Waals surface area contributed by atoms with Crippen LogP contribution in [0.15, 0.2) is 24.3 Å². The summed E-state index contributed by atoms with van der Waals surface area (Å²) >= 11 is 0. The zero-order chi connectivity index (χ0) is 11.1. The first-order chi connectivity index (χ1) is 7.22. The fraction of sp³-hybridized carbons (Fsp3) is 0.455. The van der Waals surface area contributed by atoms with Crippen LogP contribution in [0.5, 0.6) is 5.75 Å². The Labute approximate surface area is 88.7 Å². The van der Waals surface area contributed by atoms with E-state index in [9.17, 15) is 9.50 Å². The maximum absolute atomic E-state index is 12.7. The second-order valence-electron chi connectivity index (χ2n) is 3.33. The van der Waals surface area contributed by atoms with E-state index in [-0.39, 0.29) is 5.82 Å². The van der Waals surface area contributed by atoms with E-state index in [0.29, 0.717) is 31.7 Å². The average Bonchev–Trinajstić information content (AvgIpc) is 2.18. The third kappa shape index (κ3) is 4.76. The summed E-state index contributed by atoms with van der Waals surface area (Å²) in [6.07, 6.45) is 0.629. The van der Waals surface area contributed by atoms with Gasteiger partial charge >= 0.3 is 0 Å². The lowest BCUT2D eigenvalue weighted by molar-refractivity contribution is 0.133. The summed E-state index contributed by atoms with van der Waals surface area (Å²) < 4.78 is 18.0. The molecule has 0 aromatic heterocycles. The first-order valence-electron chi connectivity index (χ1n) is 4.99. The number of nitrogens with two attached hydrogens (primary N) is 1. The first kappa shape index (κ1) is 11.9. The summed E-state index contributed by atoms with van der Waals surface area (Å²) in [6, 6.07) is 5.94. The van der Waals surface area contributed by atoms with Gasteiger partial charge in [-0.15, -0.1) is 0 Å². The van der Waals surface area contributed by atoms with E-state index >= 15 is 0 Å². The molecule has 1 rings (SSSR count). The minimum Gasteiger partial charge on any atom is -0.493 e. The van der Waals surface area contributed by atoms with Crippen LogP contribution in [0.2, 0.25) is 0 Å². The Hall–Kier alpha value is -1.13. The molecule has 0 saturated heterocycles. The van der Waals surface area contributed by atoms with E-state index in [1.807, 2.05) is 0 Å². The van der Waals surface area contributed by atoms with Gasteiger partial charge < -0.3 is 15.6 Å². The van der Waals surface area contributed by atoms with Gasteiger partial charge in [-0.05, 0) is 25.1 Å². The van der Waals surface area contributed by atoms with Crippen molar-refractivity contribution < 1.29 is 14.2 Å². The van der Waals surface area contributed by atoms with Crippen molar-refractivity contribution in [3.63, 3.8) is 0 Å². The minimum absolute atomic E-state index is 0.324. The van der Waals surface area contributed by atoms with Crippen LogP contribution >= 0.6 is 0 Å². The zero-order valence-electron chi connectivity index (χ0n) is 8.53. The SMILES string of the molecule is NCC[C@H](O)CCOc1cccc(F)c1. The van der Waals surface area contributed by atoms with Crippen LogP contribution in [0.3, 0.4) is 0 Å². The van der Waals surface area contributed by atoms with E-state index in [1.54, 1.807) is 12.1 Å². The molecule has 15 heavy (non-hydrogen) atoms. The quantitative estimate of drug-likeness (QED) is 0.749. The molecule has 0 aliphatic heterocycles. The van der Waals surface area contributed by atoms with Crippen LogP contribution in [0, 0.1) is 5.82 Å². The Morgan fingerprint density at radius 2 is 2.20 bits per heavy atom. The molecule has 0 aliphatic rings. The molecule has 1 aromatic rings. The predicted octanol–water partition coefficient (Wildman–Crippen LogP) is 1.30. The van der Waals surface area contributed by atoms with Gasteiger partial charge in [-0.1, -0.05) is 6.07 Å². The fourth-order valence-electron chi connectivity index (χ4n) is 1.21. The number of aliphatic hydroxyl groups excluding tert-OH is 1. The van der Waals surface area contributed by atoms with Crippen LogP contribution in [-0.4, -0.2) is 24.4 Å². The van der Waals surface area contributed by atoms with Gasteiger partial charge in [0.25, 0.3) is 0 Å². The summed E-state index contributed by atoms with van der Waals surface area (Å²) in [5, 5.41) is 9.35. The van der Waals surface area contributed by atoms with Crippen molar-refractivity contribution in [3.05, 3.63) is 30.1 Å². The van der Waals surface area contributed by atoms with E-state index in [0.717, 1.165) is 0 Å². The van der Waals surface area contributed by atoms with Crippen molar-refractivity contribution in [1.29, 1.82) is 0 Å². The molecule has 0 fully saturated rings. The Morgan fingerprint density at radius 1 is 1.40 bits per heavy atom. The fourth-order valence-corrected chi connectivity index (χ4v) is 1.21. The van der Waals surface area contributed by atoms with Crippen molar-refractivity contribution in [2.75, 3.05) is 13.2 Å². The molecule has 1 atom stereocenters. The van der Waals surface area contributed by atoms with Crippen molar-refractivity contribution >= 4 is 0 Å². The molecule has 3 nitrogen and oxygen atoms in total. The minimum atomic E-state index is -0.441. The molecule has 0 amide bonds. The number of halogens is 1. The molecular formula is C11H16FNO2. The van der Waals surface area contributed by atoms with Gasteiger partial charge in [0.05, 0.1) is 12.7 Å². The largest absolute Gasteiger partial charge is 0.493 e. The van der Waals surface area contributed by atoms with Gasteiger partial charge in [0.2, 0.25) is 0 Å². The molecule has 0 radical (unpaired) electrons. The van der Waals surface area contributed by atoms with Gasteiger partial charge in [0, 0.05) is 12.5 Å². The standard InChI is InChI=1S/C11H16FNO2/c12-9-2-1-3-11(8-9)15-7-5-10(14)4-6-13/h1-3,8,10,14H,4-7,13H2/t10-/m0/s1. The molecule has 0 unspecified atom stereocenters. The van der Waals surface area contributed by atoms with Gasteiger partial charge in [-0.2, -0.15) is 0 Å². The van der Waals surface area contributed by atoms with Gasteiger partial charge in [-0.25, -0.2) is 4.39 Å². The first-order valence-corrected chi connectivity index (χ1v) is 4.99. The van der Waals surface area contributed by atoms with Crippen LogP contribution in [0.4, 0.5) is 4.39 Å². The molecule has 0 bridgehead atoms. The summed E-state index contributed by atoms with van der Waals surface area (Å²) in [5.41, 5.74) is 5.28. The number of hydrogen-bond acceptors (Lipinski definition) is 3. The third-order valence-corrected chi connectivity index (χ3v) is 2.02. The smallest absolute Gasteiger partial charge is 0.126 e. The molecule has 1 aromatic carbocycles. The lowest BCUT2D eigenvalue weighted by Gasteiger charge is -2.10. The number of hydrogen-bond donors (Lipinski definition) is 2. The Morgan fingerprint density at radius 3 is 2.87 bits per heavy atom. The summed E-state index contributed by atoms with van der Waals surface area (Å²) in [4.78, 5) is 0. The van der Waals surface area contributed by atoms with E-state index in [4.69, 9.17) is 10.5 Å². The molecule has 0 aliphatic carbocycles. The highest BCUT2D eigenvalue weighted by atomic mass is 19.1. The number of benzene rings is 1. The normalized spacial score (nSPS) is 12.5. The van der Waals surface area contributed by atoms with Gasteiger partial charge in [0.15, 0.2) is 0 Å². The van der Waals surface area contributed by atoms with Crippen LogP contribution in [0.1, 0.15) is 12.8 Å². The lowest BCUT2D eigenvalue weighted by Crippen LogP contribution is -2.16. The Balaban J connectivity index is 2.25. The highest BCUT2D eigenvalue weighted by Crippen LogP contribution is 2.12. The lowest BCUT2D eigenvalue weighted by atomic mass is 10.2. The monoisotopic (exact) mass is 213 g/mol. The second-order valence-corrected chi connectivity index (χ2v) is 3.33. The van der Waals surface area contributed by atoms with Crippen LogP contribution in [-0.2, 0) is 0 Å². The van der Waals surface area contributed by atoms with Crippen molar-refractivity contribution in [2.24, 2.45) is 5.73 Å². The Kier molecular flexibility index (Phi) is 5.07. The molecule has 0 saturated carbocycles. The molecule has 84 valence electrons. The van der Waals surface area contributed by atoms with Gasteiger partial charge in [0.1, 0.15) is 11.6 Å². The van der Waals surface area contributed by atoms with Crippen LogP contribution < -0.4 is 10.5 Å². The second kappa shape index (κ2) is 6.37. The average molecular weight is 213 g/mol. The predicted molar refractivity (Wildman–Crippen MR) is 56.2 cm³/mol. The molecule has 3 N–H and O–H groups in total. The van der Waals surface area contributed by atoms with Crippen LogP contribution in [0.25, 0.3) is 0 Å². The third-order valence-electron chi connectivity index (χ3n) is 2.02. The maximum atomic E-state index is 12.7. The number of aliphatic hydroxyl groups is 1. The Bertz CT molecular complexity index is 294.